The summed E-state index contributed by atoms with van der Waals surface area (Å²) in [5.41, 5.74) is 3.25. The molecule has 3 aromatic rings. The highest BCUT2D eigenvalue weighted by Crippen LogP contribution is 2.29. The molecular weight excluding hydrogens is 361 g/mol. The highest BCUT2D eigenvalue weighted by molar-refractivity contribution is 7.98. The Morgan fingerprint density at radius 3 is 2.67 bits per heavy atom. The predicted octanol–water partition coefficient (Wildman–Crippen LogP) is 5.49. The number of benzene rings is 2. The number of aromatic nitrogens is 3. The SMILES string of the molecule is CCn1c(SCc2cccc(F)c2)nnc1C(C)Oc1cccc(C)c1C. The predicted molar refractivity (Wildman–Crippen MR) is 107 cm³/mol. The fraction of sp³-hybridized carbons (Fsp3) is 0.333. The van der Waals surface area contributed by atoms with Gasteiger partial charge in [0, 0.05) is 12.3 Å². The fourth-order valence-electron chi connectivity index (χ4n) is 2.87. The van der Waals surface area contributed by atoms with Crippen LogP contribution in [0.5, 0.6) is 5.75 Å². The molecule has 6 heteroatoms. The lowest BCUT2D eigenvalue weighted by Gasteiger charge is -2.17. The van der Waals surface area contributed by atoms with E-state index in [9.17, 15) is 4.39 Å². The van der Waals surface area contributed by atoms with Gasteiger partial charge in [0.1, 0.15) is 11.6 Å². The Morgan fingerprint density at radius 1 is 1.15 bits per heavy atom. The van der Waals surface area contributed by atoms with E-state index in [0.717, 1.165) is 34.4 Å². The largest absolute Gasteiger partial charge is 0.482 e. The summed E-state index contributed by atoms with van der Waals surface area (Å²) in [4.78, 5) is 0. The van der Waals surface area contributed by atoms with Gasteiger partial charge in [-0.1, -0.05) is 36.0 Å². The van der Waals surface area contributed by atoms with E-state index in [0.29, 0.717) is 5.75 Å². The second-order valence-electron chi connectivity index (χ2n) is 6.46. The molecule has 0 aliphatic heterocycles. The van der Waals surface area contributed by atoms with Crippen molar-refractivity contribution in [2.24, 2.45) is 0 Å². The molecule has 0 spiro atoms. The lowest BCUT2D eigenvalue weighted by Crippen LogP contribution is -2.12. The summed E-state index contributed by atoms with van der Waals surface area (Å²) in [6, 6.07) is 12.7. The monoisotopic (exact) mass is 385 g/mol. The van der Waals surface area contributed by atoms with Crippen molar-refractivity contribution in [2.45, 2.75) is 51.3 Å². The second kappa shape index (κ2) is 8.57. The molecule has 1 heterocycles. The normalized spacial score (nSPS) is 12.2. The Balaban J connectivity index is 1.75. The molecule has 142 valence electrons. The van der Waals surface area contributed by atoms with Gasteiger partial charge in [-0.2, -0.15) is 0 Å². The number of hydrogen-bond acceptors (Lipinski definition) is 4. The molecule has 1 atom stereocenters. The van der Waals surface area contributed by atoms with E-state index >= 15 is 0 Å². The molecule has 1 unspecified atom stereocenters. The zero-order chi connectivity index (χ0) is 19.4. The zero-order valence-electron chi connectivity index (χ0n) is 16.1. The topological polar surface area (TPSA) is 39.9 Å². The molecule has 0 aliphatic carbocycles. The molecule has 27 heavy (non-hydrogen) atoms. The Morgan fingerprint density at radius 2 is 1.93 bits per heavy atom. The molecule has 4 nitrogen and oxygen atoms in total. The average Bonchev–Trinajstić information content (AvgIpc) is 3.07. The quantitative estimate of drug-likeness (QED) is 0.505. The van der Waals surface area contributed by atoms with Crippen molar-refractivity contribution < 1.29 is 9.13 Å². The maximum atomic E-state index is 13.4. The Labute approximate surface area is 163 Å². The van der Waals surface area contributed by atoms with Gasteiger partial charge < -0.3 is 9.30 Å². The van der Waals surface area contributed by atoms with Crippen LogP contribution in [0.15, 0.2) is 47.6 Å². The van der Waals surface area contributed by atoms with E-state index in [1.165, 1.54) is 11.6 Å². The number of aryl methyl sites for hydroxylation is 1. The highest BCUT2D eigenvalue weighted by atomic mass is 32.2. The first-order chi connectivity index (χ1) is 13.0. The summed E-state index contributed by atoms with van der Waals surface area (Å²) in [6.07, 6.45) is -0.221. The number of nitrogens with zero attached hydrogens (tertiary/aromatic N) is 3. The first-order valence-corrected chi connectivity index (χ1v) is 10.0. The zero-order valence-corrected chi connectivity index (χ0v) is 16.9. The minimum absolute atomic E-state index is 0.221. The van der Waals surface area contributed by atoms with Gasteiger partial charge in [-0.15, -0.1) is 10.2 Å². The maximum absolute atomic E-state index is 13.4. The third kappa shape index (κ3) is 4.50. The lowest BCUT2D eigenvalue weighted by atomic mass is 10.1. The van der Waals surface area contributed by atoms with Crippen LogP contribution in [0.2, 0.25) is 0 Å². The molecule has 0 N–H and O–H groups in total. The van der Waals surface area contributed by atoms with Crippen LogP contribution in [0, 0.1) is 19.7 Å². The number of rotatable bonds is 7. The maximum Gasteiger partial charge on any atom is 0.191 e. The van der Waals surface area contributed by atoms with E-state index in [-0.39, 0.29) is 11.9 Å². The summed E-state index contributed by atoms with van der Waals surface area (Å²) >= 11 is 1.55. The molecular formula is C21H24FN3OS. The average molecular weight is 386 g/mol. The molecule has 0 fully saturated rings. The van der Waals surface area contributed by atoms with E-state index in [1.807, 2.05) is 25.1 Å². The summed E-state index contributed by atoms with van der Waals surface area (Å²) in [5.74, 6) is 2.07. The third-order valence-electron chi connectivity index (χ3n) is 4.54. The van der Waals surface area contributed by atoms with Crippen molar-refractivity contribution in [1.82, 2.24) is 14.8 Å². The molecule has 0 radical (unpaired) electrons. The van der Waals surface area contributed by atoms with Crippen molar-refractivity contribution >= 4 is 11.8 Å². The van der Waals surface area contributed by atoms with Gasteiger partial charge in [0.2, 0.25) is 0 Å². The van der Waals surface area contributed by atoms with Crippen LogP contribution in [0.25, 0.3) is 0 Å². The molecule has 1 aromatic heterocycles. The molecule has 0 saturated heterocycles. The van der Waals surface area contributed by atoms with Gasteiger partial charge in [0.25, 0.3) is 0 Å². The third-order valence-corrected chi connectivity index (χ3v) is 5.58. The van der Waals surface area contributed by atoms with Crippen molar-refractivity contribution in [3.63, 3.8) is 0 Å². The van der Waals surface area contributed by atoms with Gasteiger partial charge in [-0.05, 0) is 62.6 Å². The van der Waals surface area contributed by atoms with Gasteiger partial charge >= 0.3 is 0 Å². The molecule has 3 rings (SSSR count). The molecule has 0 aliphatic rings. The first-order valence-electron chi connectivity index (χ1n) is 9.02. The van der Waals surface area contributed by atoms with Crippen molar-refractivity contribution in [3.05, 3.63) is 70.8 Å². The lowest BCUT2D eigenvalue weighted by molar-refractivity contribution is 0.208. The number of thioether (sulfide) groups is 1. The van der Waals surface area contributed by atoms with Crippen LogP contribution in [-0.4, -0.2) is 14.8 Å². The van der Waals surface area contributed by atoms with E-state index in [4.69, 9.17) is 4.74 Å². The molecule has 0 amide bonds. The minimum atomic E-state index is -0.221. The van der Waals surface area contributed by atoms with Crippen LogP contribution in [0.4, 0.5) is 4.39 Å². The number of ether oxygens (including phenoxy) is 1. The molecule has 0 bridgehead atoms. The van der Waals surface area contributed by atoms with Crippen molar-refractivity contribution in [3.8, 4) is 5.75 Å². The van der Waals surface area contributed by atoms with Gasteiger partial charge in [-0.3, -0.25) is 0 Å². The smallest absolute Gasteiger partial charge is 0.191 e. The van der Waals surface area contributed by atoms with Crippen LogP contribution >= 0.6 is 11.8 Å². The summed E-state index contributed by atoms with van der Waals surface area (Å²) < 4.78 is 21.6. The fourth-order valence-corrected chi connectivity index (χ4v) is 3.83. The molecule has 2 aromatic carbocycles. The van der Waals surface area contributed by atoms with E-state index in [2.05, 4.69) is 41.6 Å². The van der Waals surface area contributed by atoms with Crippen molar-refractivity contribution in [1.29, 1.82) is 0 Å². The number of halogens is 1. The molecule has 0 saturated carbocycles. The Bertz CT molecular complexity index is 926. The second-order valence-corrected chi connectivity index (χ2v) is 7.40. The van der Waals surface area contributed by atoms with Crippen molar-refractivity contribution in [2.75, 3.05) is 0 Å². The van der Waals surface area contributed by atoms with E-state index < -0.39 is 0 Å². The van der Waals surface area contributed by atoms with Gasteiger partial charge in [-0.25, -0.2) is 4.39 Å². The Kier molecular flexibility index (Phi) is 6.16. The standard InChI is InChI=1S/C21H24FN3OS/c1-5-25-20(16(4)26-19-11-6-8-14(2)15(19)3)23-24-21(25)27-13-17-9-7-10-18(22)12-17/h6-12,16H,5,13H2,1-4H3. The van der Waals surface area contributed by atoms with E-state index in [1.54, 1.807) is 23.9 Å². The summed E-state index contributed by atoms with van der Waals surface area (Å²) in [7, 11) is 0. The van der Waals surface area contributed by atoms with Crippen LogP contribution < -0.4 is 4.74 Å². The van der Waals surface area contributed by atoms with Crippen LogP contribution in [0.1, 0.15) is 42.5 Å². The highest BCUT2D eigenvalue weighted by Gasteiger charge is 2.19. The van der Waals surface area contributed by atoms with Crippen LogP contribution in [-0.2, 0) is 12.3 Å². The minimum Gasteiger partial charge on any atom is -0.482 e. The first kappa shape index (κ1) is 19.4. The number of hydrogen-bond donors (Lipinski definition) is 0. The van der Waals surface area contributed by atoms with Gasteiger partial charge in [0.05, 0.1) is 0 Å². The summed E-state index contributed by atoms with van der Waals surface area (Å²) in [5, 5.41) is 9.50. The summed E-state index contributed by atoms with van der Waals surface area (Å²) in [6.45, 7) is 8.92. The van der Waals surface area contributed by atoms with Crippen LogP contribution in [0.3, 0.4) is 0 Å². The van der Waals surface area contributed by atoms with Gasteiger partial charge in [0.15, 0.2) is 17.1 Å². The Hall–Kier alpha value is -2.34.